The smallest absolute Gasteiger partial charge is 0.543 e. The van der Waals surface area contributed by atoms with Crippen molar-refractivity contribution in [1.82, 2.24) is 4.90 Å². The SMILES string of the molecule is C[C@@H](O)[C@H]1C(=O)N2C(C(=O)[O-])=C(c3cc(C(N)=O)c4c(c3)-c3ccccc3C4=O)C[C@H]12.[Na+]. The Morgan fingerprint density at radius 3 is 2.41 bits per heavy atom. The normalized spacial score (nSPS) is 21.4. The van der Waals surface area contributed by atoms with Gasteiger partial charge in [-0.3, -0.25) is 14.4 Å². The van der Waals surface area contributed by atoms with Gasteiger partial charge in [0, 0.05) is 11.1 Å². The second-order valence-corrected chi connectivity index (χ2v) is 8.05. The number of ketones is 1. The number of aliphatic hydroxyl groups is 1. The fourth-order valence-electron chi connectivity index (χ4n) is 5.03. The molecule has 156 valence electrons. The fourth-order valence-corrected chi connectivity index (χ4v) is 5.03. The van der Waals surface area contributed by atoms with Crippen molar-refractivity contribution in [2.24, 2.45) is 11.7 Å². The van der Waals surface area contributed by atoms with E-state index in [1.165, 1.54) is 13.0 Å². The van der Waals surface area contributed by atoms with Crippen molar-refractivity contribution in [2.75, 3.05) is 0 Å². The van der Waals surface area contributed by atoms with E-state index in [0.29, 0.717) is 27.8 Å². The third-order valence-corrected chi connectivity index (χ3v) is 6.36. The molecule has 2 aliphatic heterocycles. The van der Waals surface area contributed by atoms with Crippen LogP contribution in [0.4, 0.5) is 0 Å². The predicted molar refractivity (Wildman–Crippen MR) is 106 cm³/mol. The summed E-state index contributed by atoms with van der Waals surface area (Å²) in [5.41, 5.74) is 7.70. The molecule has 2 amide bonds. The number of fused-ring (bicyclic) bond motifs is 4. The summed E-state index contributed by atoms with van der Waals surface area (Å²) in [4.78, 5) is 50.6. The van der Waals surface area contributed by atoms with Gasteiger partial charge in [-0.15, -0.1) is 0 Å². The molecule has 0 spiro atoms. The first-order chi connectivity index (χ1) is 14.7. The van der Waals surface area contributed by atoms with E-state index in [4.69, 9.17) is 5.73 Å². The van der Waals surface area contributed by atoms with Gasteiger partial charge in [-0.25, -0.2) is 0 Å². The number of carboxylic acids is 1. The van der Waals surface area contributed by atoms with Gasteiger partial charge in [-0.05, 0) is 47.7 Å². The zero-order valence-electron chi connectivity index (χ0n) is 17.4. The Labute approximate surface area is 205 Å². The van der Waals surface area contributed by atoms with Gasteiger partial charge in [-0.2, -0.15) is 0 Å². The number of carbonyl (C=O) groups is 4. The summed E-state index contributed by atoms with van der Waals surface area (Å²) < 4.78 is 0. The maximum absolute atomic E-state index is 12.9. The van der Waals surface area contributed by atoms with Crippen molar-refractivity contribution in [3.63, 3.8) is 0 Å². The molecule has 0 bridgehead atoms. The van der Waals surface area contributed by atoms with Crippen molar-refractivity contribution in [1.29, 1.82) is 0 Å². The van der Waals surface area contributed by atoms with Gasteiger partial charge in [0.1, 0.15) is 0 Å². The molecular weight excluding hydrogens is 423 g/mol. The summed E-state index contributed by atoms with van der Waals surface area (Å²) in [6, 6.07) is 9.42. The van der Waals surface area contributed by atoms with Crippen LogP contribution in [0.25, 0.3) is 16.7 Å². The number of benzene rings is 2. The van der Waals surface area contributed by atoms with Crippen LogP contribution in [-0.2, 0) is 9.59 Å². The van der Waals surface area contributed by atoms with Gasteiger partial charge < -0.3 is 25.6 Å². The van der Waals surface area contributed by atoms with E-state index in [9.17, 15) is 29.4 Å². The van der Waals surface area contributed by atoms with Crippen LogP contribution in [-0.4, -0.2) is 45.7 Å². The summed E-state index contributed by atoms with van der Waals surface area (Å²) in [5, 5.41) is 21.9. The second kappa shape index (κ2) is 7.67. The molecule has 0 aromatic heterocycles. The number of primary amides is 1. The van der Waals surface area contributed by atoms with E-state index in [2.05, 4.69) is 0 Å². The molecule has 1 saturated heterocycles. The van der Waals surface area contributed by atoms with Gasteiger partial charge in [0.15, 0.2) is 5.78 Å². The van der Waals surface area contributed by atoms with E-state index in [-0.39, 0.29) is 58.6 Å². The summed E-state index contributed by atoms with van der Waals surface area (Å²) in [5.74, 6) is -3.84. The van der Waals surface area contributed by atoms with E-state index in [0.717, 1.165) is 4.90 Å². The van der Waals surface area contributed by atoms with Gasteiger partial charge in [0.05, 0.1) is 35.3 Å². The molecule has 5 rings (SSSR count). The number of hydrogen-bond acceptors (Lipinski definition) is 6. The monoisotopic (exact) mass is 440 g/mol. The van der Waals surface area contributed by atoms with Gasteiger partial charge in [-0.1, -0.05) is 24.3 Å². The molecule has 1 aliphatic carbocycles. The van der Waals surface area contributed by atoms with Crippen molar-refractivity contribution < 1.29 is 58.9 Å². The number of aliphatic hydroxyl groups excluding tert-OH is 1. The van der Waals surface area contributed by atoms with Crippen LogP contribution in [0, 0.1) is 5.92 Å². The Morgan fingerprint density at radius 1 is 1.16 bits per heavy atom. The summed E-state index contributed by atoms with van der Waals surface area (Å²) >= 11 is 0. The Bertz CT molecular complexity index is 1270. The van der Waals surface area contributed by atoms with Gasteiger partial charge in [0.25, 0.3) is 0 Å². The number of hydrogen-bond donors (Lipinski definition) is 2. The number of nitrogens with two attached hydrogens (primary N) is 1. The standard InChI is InChI=1S/C23H18N2O6.Na/c1-9(26)17-16-8-13(19(23(30)31)25(16)22(17)29)10-6-14-11-4-2-3-5-12(11)20(27)18(14)15(7-10)21(24)28;/h2-7,9,16-17,26H,8H2,1H3,(H2,24,28)(H,30,31);/q;+1/p-1/t9-,16-,17-;/m1./s1. The molecule has 2 aromatic carbocycles. The Kier molecular flexibility index (Phi) is 5.37. The third kappa shape index (κ3) is 2.91. The van der Waals surface area contributed by atoms with Crippen LogP contribution >= 0.6 is 0 Å². The molecule has 3 atom stereocenters. The minimum Gasteiger partial charge on any atom is -0.543 e. The molecule has 9 heteroatoms. The largest absolute Gasteiger partial charge is 1.00 e. The minimum absolute atomic E-state index is 0. The first kappa shape index (κ1) is 22.4. The molecule has 8 nitrogen and oxygen atoms in total. The Hall–Kier alpha value is -2.78. The Balaban J connectivity index is 0.00000245. The van der Waals surface area contributed by atoms with Gasteiger partial charge in [0.2, 0.25) is 11.8 Å². The van der Waals surface area contributed by atoms with E-state index >= 15 is 0 Å². The first-order valence-corrected chi connectivity index (χ1v) is 9.80. The maximum Gasteiger partial charge on any atom is 1.00 e. The molecule has 3 N–H and O–H groups in total. The fraction of sp³-hybridized carbons (Fsp3) is 0.217. The maximum atomic E-state index is 12.9. The molecule has 1 fully saturated rings. The molecule has 32 heavy (non-hydrogen) atoms. The number of β-lactam (4-membered cyclic amide) rings is 1. The van der Waals surface area contributed by atoms with Crippen molar-refractivity contribution in [3.8, 4) is 11.1 Å². The molecule has 3 aliphatic rings. The van der Waals surface area contributed by atoms with E-state index in [1.807, 2.05) is 0 Å². The number of nitrogens with zero attached hydrogens (tertiary/aromatic N) is 1. The third-order valence-electron chi connectivity index (χ3n) is 6.36. The number of carboxylic acid groups (broad SMARTS) is 1. The number of rotatable bonds is 4. The number of amides is 2. The zero-order chi connectivity index (χ0) is 22.2. The van der Waals surface area contributed by atoms with Crippen LogP contribution in [0.15, 0.2) is 42.1 Å². The van der Waals surface area contributed by atoms with Crippen molar-refractivity contribution >= 4 is 29.1 Å². The first-order valence-electron chi connectivity index (χ1n) is 9.80. The van der Waals surface area contributed by atoms with E-state index < -0.39 is 35.8 Å². The quantitative estimate of drug-likeness (QED) is 0.329. The van der Waals surface area contributed by atoms with Crippen LogP contribution in [0.2, 0.25) is 0 Å². The number of aliphatic carboxylic acids is 1. The molecular formula is C23H17N2NaO6. The average Bonchev–Trinajstić information content (AvgIpc) is 3.21. The second-order valence-electron chi connectivity index (χ2n) is 8.05. The molecule has 0 unspecified atom stereocenters. The molecule has 2 heterocycles. The minimum atomic E-state index is -1.52. The van der Waals surface area contributed by atoms with Crippen LogP contribution in [0.1, 0.15) is 45.2 Å². The van der Waals surface area contributed by atoms with Crippen molar-refractivity contribution in [2.45, 2.75) is 25.5 Å². The molecule has 0 radical (unpaired) electrons. The zero-order valence-corrected chi connectivity index (χ0v) is 19.4. The number of carbonyl (C=O) groups excluding carboxylic acids is 4. The van der Waals surface area contributed by atoms with Gasteiger partial charge >= 0.3 is 29.6 Å². The summed E-state index contributed by atoms with van der Waals surface area (Å²) in [7, 11) is 0. The summed E-state index contributed by atoms with van der Waals surface area (Å²) in [6.07, 6.45) is -0.751. The Morgan fingerprint density at radius 2 is 1.81 bits per heavy atom. The molecule has 0 saturated carbocycles. The van der Waals surface area contributed by atoms with Crippen LogP contribution < -0.4 is 40.4 Å². The summed E-state index contributed by atoms with van der Waals surface area (Å²) in [6.45, 7) is 1.49. The molecule has 2 aromatic rings. The predicted octanol–water partition coefficient (Wildman–Crippen LogP) is -2.93. The van der Waals surface area contributed by atoms with E-state index in [1.54, 1.807) is 30.3 Å². The van der Waals surface area contributed by atoms with Crippen LogP contribution in [0.3, 0.4) is 0 Å². The average molecular weight is 440 g/mol. The topological polar surface area (TPSA) is 141 Å². The van der Waals surface area contributed by atoms with Crippen molar-refractivity contribution in [3.05, 3.63) is 64.3 Å². The van der Waals surface area contributed by atoms with Crippen LogP contribution in [0.5, 0.6) is 0 Å².